The van der Waals surface area contributed by atoms with Gasteiger partial charge >= 0.3 is 0 Å². The van der Waals surface area contributed by atoms with Crippen molar-refractivity contribution in [2.75, 3.05) is 19.4 Å². The molecule has 6 heteroatoms. The molecule has 0 heterocycles. The van der Waals surface area contributed by atoms with E-state index in [4.69, 9.17) is 5.11 Å². The molecule has 0 aliphatic rings. The first-order chi connectivity index (χ1) is 7.10. The van der Waals surface area contributed by atoms with Crippen molar-refractivity contribution in [3.63, 3.8) is 0 Å². The molecule has 1 atom stereocenters. The second-order valence-electron chi connectivity index (χ2n) is 4.83. The van der Waals surface area contributed by atoms with Crippen molar-refractivity contribution in [3.8, 4) is 0 Å². The van der Waals surface area contributed by atoms with Crippen LogP contribution in [0.4, 0.5) is 0 Å². The van der Waals surface area contributed by atoms with Crippen molar-refractivity contribution in [2.24, 2.45) is 5.41 Å². The fourth-order valence-electron chi connectivity index (χ4n) is 1.06. The van der Waals surface area contributed by atoms with Gasteiger partial charge in [0, 0.05) is 19.4 Å². The molecule has 0 aromatic heterocycles. The summed E-state index contributed by atoms with van der Waals surface area (Å²) >= 11 is 0. The Morgan fingerprint density at radius 3 is 2.31 bits per heavy atom. The van der Waals surface area contributed by atoms with E-state index in [2.05, 4.69) is 5.32 Å². The van der Waals surface area contributed by atoms with E-state index in [0.717, 1.165) is 6.26 Å². The lowest BCUT2D eigenvalue weighted by Gasteiger charge is -2.24. The Morgan fingerprint density at radius 1 is 1.44 bits per heavy atom. The molecule has 0 radical (unpaired) electrons. The van der Waals surface area contributed by atoms with Gasteiger partial charge in [0.05, 0.1) is 0 Å². The van der Waals surface area contributed by atoms with E-state index in [9.17, 15) is 13.2 Å². The quantitative estimate of drug-likeness (QED) is 0.693. The summed E-state index contributed by atoms with van der Waals surface area (Å²) in [6.45, 7) is 5.56. The molecule has 0 spiro atoms. The SMILES string of the molecule is CC(C(=O)NCC(C)(C)CCO)S(C)(=O)=O. The van der Waals surface area contributed by atoms with Crippen LogP contribution in [0.5, 0.6) is 0 Å². The lowest BCUT2D eigenvalue weighted by molar-refractivity contribution is -0.120. The smallest absolute Gasteiger partial charge is 0.238 e. The minimum atomic E-state index is -3.34. The zero-order chi connectivity index (χ0) is 13.0. The Balaban J connectivity index is 4.28. The molecule has 0 saturated heterocycles. The molecule has 16 heavy (non-hydrogen) atoms. The average molecular weight is 251 g/mol. The first-order valence-corrected chi connectivity index (χ1v) is 7.13. The van der Waals surface area contributed by atoms with Crippen molar-refractivity contribution in [1.82, 2.24) is 5.32 Å². The number of hydrogen-bond acceptors (Lipinski definition) is 4. The van der Waals surface area contributed by atoms with Crippen molar-refractivity contribution >= 4 is 15.7 Å². The van der Waals surface area contributed by atoms with E-state index in [0.29, 0.717) is 13.0 Å². The summed E-state index contributed by atoms with van der Waals surface area (Å²) in [7, 11) is -3.34. The maximum Gasteiger partial charge on any atom is 0.238 e. The van der Waals surface area contributed by atoms with Crippen LogP contribution in [0.3, 0.4) is 0 Å². The Hall–Kier alpha value is -0.620. The maximum atomic E-state index is 11.5. The highest BCUT2D eigenvalue weighted by molar-refractivity contribution is 7.92. The molecule has 96 valence electrons. The molecular weight excluding hydrogens is 230 g/mol. The van der Waals surface area contributed by atoms with Gasteiger partial charge in [0.15, 0.2) is 9.84 Å². The van der Waals surface area contributed by atoms with Crippen molar-refractivity contribution < 1.29 is 18.3 Å². The third-order valence-corrected chi connectivity index (χ3v) is 4.04. The van der Waals surface area contributed by atoms with E-state index in [-0.39, 0.29) is 12.0 Å². The van der Waals surface area contributed by atoms with Crippen LogP contribution in [0, 0.1) is 5.41 Å². The van der Waals surface area contributed by atoms with Crippen molar-refractivity contribution in [2.45, 2.75) is 32.4 Å². The van der Waals surface area contributed by atoms with Crippen LogP contribution in [0.15, 0.2) is 0 Å². The van der Waals surface area contributed by atoms with Crippen LogP contribution in [0.2, 0.25) is 0 Å². The predicted molar refractivity (Wildman–Crippen MR) is 62.8 cm³/mol. The lowest BCUT2D eigenvalue weighted by atomic mass is 9.90. The van der Waals surface area contributed by atoms with Gasteiger partial charge < -0.3 is 10.4 Å². The van der Waals surface area contributed by atoms with E-state index in [1.807, 2.05) is 13.8 Å². The third kappa shape index (κ3) is 5.46. The lowest BCUT2D eigenvalue weighted by Crippen LogP contribution is -2.42. The van der Waals surface area contributed by atoms with Crippen LogP contribution < -0.4 is 5.32 Å². The Kier molecular flexibility index (Phi) is 5.41. The molecule has 0 saturated carbocycles. The number of carbonyl (C=O) groups is 1. The highest BCUT2D eigenvalue weighted by Gasteiger charge is 2.25. The molecule has 5 nitrogen and oxygen atoms in total. The van der Waals surface area contributed by atoms with Crippen molar-refractivity contribution in [1.29, 1.82) is 0 Å². The Bertz CT molecular complexity index is 335. The molecule has 0 aromatic carbocycles. The van der Waals surface area contributed by atoms with Crippen LogP contribution in [0.1, 0.15) is 27.2 Å². The third-order valence-electron chi connectivity index (χ3n) is 2.54. The Morgan fingerprint density at radius 2 is 1.94 bits per heavy atom. The van der Waals surface area contributed by atoms with Gasteiger partial charge in [-0.25, -0.2) is 8.42 Å². The summed E-state index contributed by atoms with van der Waals surface area (Å²) in [4.78, 5) is 11.5. The largest absolute Gasteiger partial charge is 0.396 e. The summed E-state index contributed by atoms with van der Waals surface area (Å²) in [5.41, 5.74) is -0.234. The molecular formula is C10H21NO4S. The summed E-state index contributed by atoms with van der Waals surface area (Å²) in [5, 5.41) is 10.4. The monoisotopic (exact) mass is 251 g/mol. The molecule has 0 aliphatic carbocycles. The summed E-state index contributed by atoms with van der Waals surface area (Å²) in [6.07, 6.45) is 1.59. The van der Waals surface area contributed by atoms with Crippen LogP contribution in [-0.4, -0.2) is 44.1 Å². The fraction of sp³-hybridized carbons (Fsp3) is 0.900. The molecule has 1 amide bonds. The van der Waals surface area contributed by atoms with Gasteiger partial charge in [-0.1, -0.05) is 13.8 Å². The van der Waals surface area contributed by atoms with Gasteiger partial charge in [-0.05, 0) is 18.8 Å². The van der Waals surface area contributed by atoms with E-state index >= 15 is 0 Å². The first kappa shape index (κ1) is 15.4. The minimum Gasteiger partial charge on any atom is -0.396 e. The normalized spacial score (nSPS) is 14.6. The van der Waals surface area contributed by atoms with Gasteiger partial charge in [-0.15, -0.1) is 0 Å². The van der Waals surface area contributed by atoms with Crippen molar-refractivity contribution in [3.05, 3.63) is 0 Å². The molecule has 0 rings (SSSR count). The van der Waals surface area contributed by atoms with E-state index < -0.39 is 21.0 Å². The van der Waals surface area contributed by atoms with Gasteiger partial charge in [-0.3, -0.25) is 4.79 Å². The van der Waals surface area contributed by atoms with E-state index in [1.54, 1.807) is 0 Å². The number of aliphatic hydroxyl groups is 1. The number of amides is 1. The summed E-state index contributed by atoms with van der Waals surface area (Å²) in [6, 6.07) is 0. The average Bonchev–Trinajstić information content (AvgIpc) is 2.11. The molecule has 0 aromatic rings. The number of hydrogen-bond donors (Lipinski definition) is 2. The Labute approximate surface area is 97.2 Å². The second kappa shape index (κ2) is 5.63. The number of carbonyl (C=O) groups excluding carboxylic acids is 1. The number of rotatable bonds is 6. The minimum absolute atomic E-state index is 0.0461. The van der Waals surface area contributed by atoms with Crippen LogP contribution in [-0.2, 0) is 14.6 Å². The molecule has 1 unspecified atom stereocenters. The van der Waals surface area contributed by atoms with Crippen LogP contribution in [0.25, 0.3) is 0 Å². The van der Waals surface area contributed by atoms with Gasteiger partial charge in [-0.2, -0.15) is 0 Å². The first-order valence-electron chi connectivity index (χ1n) is 5.17. The molecule has 2 N–H and O–H groups in total. The maximum absolute atomic E-state index is 11.5. The summed E-state index contributed by atoms with van der Waals surface area (Å²) in [5.74, 6) is -0.492. The molecule has 0 aliphatic heterocycles. The predicted octanol–water partition coefficient (Wildman–Crippen LogP) is -0.0557. The molecule has 0 bridgehead atoms. The van der Waals surface area contributed by atoms with Crippen LogP contribution >= 0.6 is 0 Å². The topological polar surface area (TPSA) is 83.5 Å². The summed E-state index contributed by atoms with van der Waals surface area (Å²) < 4.78 is 22.2. The highest BCUT2D eigenvalue weighted by atomic mass is 32.2. The van der Waals surface area contributed by atoms with E-state index in [1.165, 1.54) is 6.92 Å². The van der Waals surface area contributed by atoms with Gasteiger partial charge in [0.25, 0.3) is 0 Å². The second-order valence-corrected chi connectivity index (χ2v) is 7.19. The standard InChI is InChI=1S/C10H21NO4S/c1-8(16(4,14)15)9(13)11-7-10(2,3)5-6-12/h8,12H,5-7H2,1-4H3,(H,11,13). The number of nitrogens with one attached hydrogen (secondary N) is 1. The van der Waals surface area contributed by atoms with Gasteiger partial charge in [0.1, 0.15) is 5.25 Å². The highest BCUT2D eigenvalue weighted by Crippen LogP contribution is 2.18. The zero-order valence-electron chi connectivity index (χ0n) is 10.3. The van der Waals surface area contributed by atoms with Gasteiger partial charge in [0.2, 0.25) is 5.91 Å². The zero-order valence-corrected chi connectivity index (χ0v) is 11.1. The number of aliphatic hydroxyl groups excluding tert-OH is 1. The molecule has 0 fully saturated rings. The fourth-order valence-corrected chi connectivity index (χ4v) is 1.53. The number of sulfone groups is 1.